The van der Waals surface area contributed by atoms with E-state index in [0.717, 1.165) is 6.61 Å². The molecule has 0 saturated carbocycles. The van der Waals surface area contributed by atoms with Crippen molar-refractivity contribution in [1.29, 1.82) is 0 Å². The van der Waals surface area contributed by atoms with Crippen molar-refractivity contribution < 1.29 is 4.43 Å². The Morgan fingerprint density at radius 3 is 1.38 bits per heavy atom. The van der Waals surface area contributed by atoms with Crippen LogP contribution in [-0.2, 0) is 4.43 Å². The van der Waals surface area contributed by atoms with E-state index >= 15 is 0 Å². The molecule has 0 rings (SSSR count). The van der Waals surface area contributed by atoms with Gasteiger partial charge in [0.05, 0.1) is 0 Å². The van der Waals surface area contributed by atoms with Crippen molar-refractivity contribution >= 4 is 8.32 Å². The van der Waals surface area contributed by atoms with Gasteiger partial charge in [-0.25, -0.2) is 0 Å². The van der Waals surface area contributed by atoms with Gasteiger partial charge in [0.15, 0.2) is 8.32 Å². The molecule has 0 radical (unpaired) electrons. The molecule has 0 aliphatic carbocycles. The lowest BCUT2D eigenvalue weighted by Gasteiger charge is -2.42. The second-order valence-corrected chi connectivity index (χ2v) is 12.8. The smallest absolute Gasteiger partial charge is 0.190 e. The minimum atomic E-state index is -1.63. The van der Waals surface area contributed by atoms with Gasteiger partial charge >= 0.3 is 0 Å². The largest absolute Gasteiger partial charge is 0.417 e. The predicted octanol–water partition coefficient (Wildman–Crippen LogP) is 3.46. The first-order valence-corrected chi connectivity index (χ1v) is 12.5. The van der Waals surface area contributed by atoms with Crippen LogP contribution >= 0.6 is 0 Å². The Balaban J connectivity index is 5.39. The second kappa shape index (κ2) is 11.6. The molecule has 4 nitrogen and oxygen atoms in total. The molecule has 0 saturated heterocycles. The van der Waals surface area contributed by atoms with Crippen molar-refractivity contribution in [2.75, 3.05) is 68.5 Å². The van der Waals surface area contributed by atoms with Gasteiger partial charge in [-0.2, -0.15) is 0 Å². The van der Waals surface area contributed by atoms with Crippen molar-refractivity contribution in [3.8, 4) is 0 Å². The molecular weight excluding hydrogens is 314 g/mol. The summed E-state index contributed by atoms with van der Waals surface area (Å²) in [5.74, 6) is 0. The van der Waals surface area contributed by atoms with Gasteiger partial charge in [-0.05, 0) is 112 Å². The summed E-state index contributed by atoms with van der Waals surface area (Å²) in [7, 11) is 11.5. The van der Waals surface area contributed by atoms with Gasteiger partial charge < -0.3 is 19.1 Å². The Hall–Kier alpha value is 0.0569. The Morgan fingerprint density at radius 2 is 1.12 bits per heavy atom. The number of nitrogens with zero attached hydrogens (tertiary/aromatic N) is 3. The maximum atomic E-state index is 6.35. The molecule has 0 N–H and O–H groups in total. The van der Waals surface area contributed by atoms with E-state index < -0.39 is 8.32 Å². The second-order valence-electron chi connectivity index (χ2n) is 8.57. The average molecular weight is 360 g/mol. The van der Waals surface area contributed by atoms with E-state index in [1.54, 1.807) is 0 Å². The van der Waals surface area contributed by atoms with Crippen molar-refractivity contribution in [2.45, 2.75) is 51.7 Å². The van der Waals surface area contributed by atoms with Gasteiger partial charge in [-0.3, -0.25) is 0 Å². The van der Waals surface area contributed by atoms with Crippen LogP contribution in [0, 0.1) is 5.41 Å². The minimum absolute atomic E-state index is 0.394. The number of hydrogen-bond acceptors (Lipinski definition) is 4. The van der Waals surface area contributed by atoms with E-state index in [4.69, 9.17) is 4.43 Å². The highest BCUT2D eigenvalue weighted by Crippen LogP contribution is 2.41. The van der Waals surface area contributed by atoms with Crippen molar-refractivity contribution in [3.63, 3.8) is 0 Å². The number of rotatable bonds is 14. The quantitative estimate of drug-likeness (QED) is 0.442. The molecule has 1 atom stereocenters. The third-order valence-electron chi connectivity index (χ3n) is 5.26. The fourth-order valence-electron chi connectivity index (χ4n) is 3.44. The Bertz CT molecular complexity index is 292. The van der Waals surface area contributed by atoms with Crippen molar-refractivity contribution in [1.82, 2.24) is 14.7 Å². The lowest BCUT2D eigenvalue weighted by atomic mass is 9.79. The Kier molecular flexibility index (Phi) is 11.7. The molecule has 0 aromatic rings. The molecule has 24 heavy (non-hydrogen) atoms. The highest BCUT2D eigenvalue weighted by Gasteiger charge is 2.39. The van der Waals surface area contributed by atoms with Crippen LogP contribution in [0.5, 0.6) is 0 Å². The molecule has 0 aliphatic heterocycles. The van der Waals surface area contributed by atoms with Crippen molar-refractivity contribution in [3.05, 3.63) is 0 Å². The lowest BCUT2D eigenvalue weighted by molar-refractivity contribution is 0.165. The normalized spacial score (nSPS) is 15.5. The summed E-state index contributed by atoms with van der Waals surface area (Å²) in [6.07, 6.45) is 3.83. The van der Waals surface area contributed by atoms with Gasteiger partial charge in [0.25, 0.3) is 0 Å². The summed E-state index contributed by atoms with van der Waals surface area (Å²) in [5.41, 5.74) is 0.394. The first kappa shape index (κ1) is 24.1. The maximum Gasteiger partial charge on any atom is 0.190 e. The van der Waals surface area contributed by atoms with Crippen LogP contribution < -0.4 is 0 Å². The van der Waals surface area contributed by atoms with Crippen LogP contribution in [0.25, 0.3) is 0 Å². The van der Waals surface area contributed by atoms with Crippen LogP contribution in [0.1, 0.15) is 33.1 Å². The highest BCUT2D eigenvalue weighted by molar-refractivity contribution is 6.72. The molecule has 0 spiro atoms. The highest BCUT2D eigenvalue weighted by atomic mass is 28.4. The number of hydrogen-bond donors (Lipinski definition) is 0. The fourth-order valence-corrected chi connectivity index (χ4v) is 6.81. The van der Waals surface area contributed by atoms with Gasteiger partial charge in [0, 0.05) is 6.61 Å². The zero-order valence-corrected chi connectivity index (χ0v) is 19.1. The Morgan fingerprint density at radius 1 is 0.750 bits per heavy atom. The molecule has 0 heterocycles. The van der Waals surface area contributed by atoms with E-state index in [1.165, 1.54) is 51.0 Å². The molecule has 0 bridgehead atoms. The van der Waals surface area contributed by atoms with Crippen LogP contribution in [0.3, 0.4) is 0 Å². The van der Waals surface area contributed by atoms with Crippen LogP contribution in [0.15, 0.2) is 0 Å². The summed E-state index contributed by atoms with van der Waals surface area (Å²) >= 11 is 0. The third-order valence-corrected chi connectivity index (χ3v) is 9.24. The van der Waals surface area contributed by atoms with Crippen LogP contribution in [-0.4, -0.2) is 91.5 Å². The summed E-state index contributed by atoms with van der Waals surface area (Å²) in [5, 5.41) is 0. The zero-order valence-electron chi connectivity index (χ0n) is 18.1. The lowest BCUT2D eigenvalue weighted by Crippen LogP contribution is -2.43. The van der Waals surface area contributed by atoms with E-state index in [9.17, 15) is 0 Å². The van der Waals surface area contributed by atoms with E-state index in [0.29, 0.717) is 5.41 Å². The average Bonchev–Trinajstić information content (AvgIpc) is 2.49. The molecule has 5 heteroatoms. The summed E-state index contributed by atoms with van der Waals surface area (Å²) in [6.45, 7) is 11.3. The predicted molar refractivity (Wildman–Crippen MR) is 110 cm³/mol. The fraction of sp³-hybridized carbons (Fsp3) is 1.00. The monoisotopic (exact) mass is 359 g/mol. The first-order valence-electron chi connectivity index (χ1n) is 9.66. The van der Waals surface area contributed by atoms with E-state index in [1.807, 2.05) is 0 Å². The van der Waals surface area contributed by atoms with Crippen LogP contribution in [0.2, 0.25) is 18.6 Å². The molecular formula is C19H45N3OSi. The van der Waals surface area contributed by atoms with Gasteiger partial charge in [-0.1, -0.05) is 6.92 Å². The molecule has 0 fully saturated rings. The summed E-state index contributed by atoms with van der Waals surface area (Å²) < 4.78 is 6.35. The maximum absolute atomic E-state index is 6.35. The molecule has 0 aromatic heterocycles. The minimum Gasteiger partial charge on any atom is -0.417 e. The summed E-state index contributed by atoms with van der Waals surface area (Å²) in [4.78, 5) is 7.02. The Labute approximate surface area is 153 Å². The van der Waals surface area contributed by atoms with Gasteiger partial charge in [-0.15, -0.1) is 0 Å². The van der Waals surface area contributed by atoms with E-state index in [-0.39, 0.29) is 0 Å². The molecule has 1 unspecified atom stereocenters. The molecule has 0 aliphatic rings. The zero-order chi connectivity index (χ0) is 18.8. The third kappa shape index (κ3) is 10.1. The SMILES string of the molecule is CCO[Si](C)(CC)CC(CCN(C)C)(CCN(C)C)CCN(C)C. The van der Waals surface area contributed by atoms with Gasteiger partial charge in [0.2, 0.25) is 0 Å². The summed E-state index contributed by atoms with van der Waals surface area (Å²) in [6, 6.07) is 2.51. The topological polar surface area (TPSA) is 19.0 Å². The van der Waals surface area contributed by atoms with Gasteiger partial charge in [0.1, 0.15) is 0 Å². The van der Waals surface area contributed by atoms with E-state index in [2.05, 4.69) is 77.4 Å². The molecule has 146 valence electrons. The molecule has 0 amide bonds. The standard InChI is InChI=1S/C19H45N3OSi/c1-10-23-24(9,11-2)18-19(12-15-20(3)4,13-16-21(5)6)14-17-22(7)8/h10-18H2,1-9H3. The van der Waals surface area contributed by atoms with Crippen LogP contribution in [0.4, 0.5) is 0 Å². The molecule has 0 aromatic carbocycles. The van der Waals surface area contributed by atoms with Crippen molar-refractivity contribution in [2.24, 2.45) is 5.41 Å². The first-order chi connectivity index (χ1) is 11.1.